The molecule has 0 amide bonds. The molecule has 1 N–H and O–H groups in total. The number of hydrazone groups is 1. The molecule has 3 aromatic rings. The lowest BCUT2D eigenvalue weighted by molar-refractivity contribution is 0.628. The lowest BCUT2D eigenvalue weighted by atomic mass is 10.1. The second-order valence-electron chi connectivity index (χ2n) is 5.39. The largest absolute Gasteiger partial charge is 0.255 e. The van der Waals surface area contributed by atoms with Crippen molar-refractivity contribution in [3.63, 3.8) is 0 Å². The minimum absolute atomic E-state index is 0.285. The van der Waals surface area contributed by atoms with Crippen LogP contribution in [0.2, 0.25) is 0 Å². The van der Waals surface area contributed by atoms with Crippen LogP contribution in [0.15, 0.2) is 63.7 Å². The standard InChI is InChI=1S/C18H13FN4S/c1-11-3-2-4-12-9-13-10-20-23-18(24-17(13)22-16(11)12)21-15-7-5-14(19)6-8-15/h2-10H,1H3,(H,21,23). The third-order valence-electron chi connectivity index (χ3n) is 3.65. The number of nitrogens with one attached hydrogen (secondary N) is 1. The first-order valence-electron chi connectivity index (χ1n) is 7.40. The summed E-state index contributed by atoms with van der Waals surface area (Å²) in [5.74, 6) is -0.285. The molecule has 0 atom stereocenters. The molecule has 118 valence electrons. The second-order valence-corrected chi connectivity index (χ2v) is 6.37. The zero-order valence-corrected chi connectivity index (χ0v) is 13.6. The molecule has 0 saturated heterocycles. The fourth-order valence-electron chi connectivity index (χ4n) is 2.47. The monoisotopic (exact) mass is 336 g/mol. The van der Waals surface area contributed by atoms with Gasteiger partial charge in [-0.15, -0.1) is 0 Å². The number of aliphatic imine (C=N–C) groups is 1. The van der Waals surface area contributed by atoms with Gasteiger partial charge in [0.1, 0.15) is 10.8 Å². The quantitative estimate of drug-likeness (QED) is 0.716. The van der Waals surface area contributed by atoms with Crippen molar-refractivity contribution >= 4 is 39.7 Å². The van der Waals surface area contributed by atoms with Crippen molar-refractivity contribution in [1.82, 2.24) is 10.4 Å². The molecular formula is C18H13FN4S. The topological polar surface area (TPSA) is 49.6 Å². The Kier molecular flexibility index (Phi) is 3.74. The number of hydrogen-bond acceptors (Lipinski definition) is 4. The smallest absolute Gasteiger partial charge is 0.188 e. The van der Waals surface area contributed by atoms with Gasteiger partial charge in [-0.05, 0) is 54.6 Å². The summed E-state index contributed by atoms with van der Waals surface area (Å²) < 4.78 is 13.0. The molecule has 1 aliphatic heterocycles. The summed E-state index contributed by atoms with van der Waals surface area (Å²) in [5, 5.41) is 6.71. The number of thioether (sulfide) groups is 1. The Balaban J connectivity index is 1.76. The molecule has 0 radical (unpaired) electrons. The molecule has 0 fully saturated rings. The van der Waals surface area contributed by atoms with Crippen LogP contribution in [0.25, 0.3) is 10.9 Å². The highest BCUT2D eigenvalue weighted by Gasteiger charge is 2.14. The van der Waals surface area contributed by atoms with E-state index < -0.39 is 0 Å². The van der Waals surface area contributed by atoms with Crippen LogP contribution < -0.4 is 5.43 Å². The van der Waals surface area contributed by atoms with Crippen LogP contribution in [0.3, 0.4) is 0 Å². The third-order valence-corrected chi connectivity index (χ3v) is 4.55. The van der Waals surface area contributed by atoms with E-state index in [1.165, 1.54) is 23.9 Å². The fourth-order valence-corrected chi connectivity index (χ4v) is 3.27. The normalized spacial score (nSPS) is 15.2. The molecular weight excluding hydrogens is 323 g/mol. The van der Waals surface area contributed by atoms with E-state index in [0.29, 0.717) is 10.9 Å². The highest BCUT2D eigenvalue weighted by molar-refractivity contribution is 8.13. The molecule has 0 bridgehead atoms. The van der Waals surface area contributed by atoms with E-state index in [9.17, 15) is 4.39 Å². The van der Waals surface area contributed by atoms with E-state index >= 15 is 0 Å². The van der Waals surface area contributed by atoms with E-state index in [1.54, 1.807) is 18.3 Å². The average molecular weight is 336 g/mol. The number of para-hydroxylation sites is 1. The number of fused-ring (bicyclic) bond motifs is 2. The van der Waals surface area contributed by atoms with Crippen molar-refractivity contribution < 1.29 is 4.39 Å². The molecule has 1 aliphatic rings. The van der Waals surface area contributed by atoms with Gasteiger partial charge in [0.25, 0.3) is 0 Å². The third kappa shape index (κ3) is 2.88. The second kappa shape index (κ2) is 6.05. The molecule has 0 spiro atoms. The maximum Gasteiger partial charge on any atom is 0.188 e. The summed E-state index contributed by atoms with van der Waals surface area (Å²) in [6, 6.07) is 14.2. The highest BCUT2D eigenvalue weighted by atomic mass is 32.2. The zero-order valence-electron chi connectivity index (χ0n) is 12.8. The van der Waals surface area contributed by atoms with Crippen LogP contribution in [0.4, 0.5) is 10.1 Å². The van der Waals surface area contributed by atoms with Crippen molar-refractivity contribution in [1.29, 1.82) is 0 Å². The predicted molar refractivity (Wildman–Crippen MR) is 96.6 cm³/mol. The molecule has 0 aliphatic carbocycles. The number of benzene rings is 2. The first kappa shape index (κ1) is 14.8. The lowest BCUT2D eigenvalue weighted by Crippen LogP contribution is -2.11. The van der Waals surface area contributed by atoms with Crippen molar-refractivity contribution in [2.75, 3.05) is 0 Å². The molecule has 4 nitrogen and oxygen atoms in total. The number of halogens is 1. The summed E-state index contributed by atoms with van der Waals surface area (Å²) in [7, 11) is 0. The van der Waals surface area contributed by atoms with E-state index in [4.69, 9.17) is 4.98 Å². The van der Waals surface area contributed by atoms with E-state index in [0.717, 1.165) is 27.1 Å². The van der Waals surface area contributed by atoms with Crippen LogP contribution in [0.1, 0.15) is 11.1 Å². The van der Waals surface area contributed by atoms with E-state index in [1.807, 2.05) is 25.1 Å². The summed E-state index contributed by atoms with van der Waals surface area (Å²) in [6.45, 7) is 2.04. The summed E-state index contributed by atoms with van der Waals surface area (Å²) >= 11 is 1.41. The average Bonchev–Trinajstić information content (AvgIpc) is 2.77. The fraction of sp³-hybridized carbons (Fsp3) is 0.0556. The van der Waals surface area contributed by atoms with Gasteiger partial charge in [-0.3, -0.25) is 5.43 Å². The lowest BCUT2D eigenvalue weighted by Gasteiger charge is -2.07. The summed E-state index contributed by atoms with van der Waals surface area (Å²) in [6.07, 6.45) is 1.74. The van der Waals surface area contributed by atoms with Gasteiger partial charge in [-0.25, -0.2) is 14.4 Å². The minimum atomic E-state index is -0.285. The molecule has 0 saturated carbocycles. The summed E-state index contributed by atoms with van der Waals surface area (Å²) in [5.41, 5.74) is 6.60. The molecule has 2 heterocycles. The highest BCUT2D eigenvalue weighted by Crippen LogP contribution is 2.28. The van der Waals surface area contributed by atoms with Crippen molar-refractivity contribution in [3.05, 3.63) is 65.5 Å². The van der Waals surface area contributed by atoms with Crippen LogP contribution >= 0.6 is 11.8 Å². The summed E-state index contributed by atoms with van der Waals surface area (Å²) in [4.78, 5) is 9.24. The Hall–Kier alpha value is -2.73. The van der Waals surface area contributed by atoms with Gasteiger partial charge in [-0.1, -0.05) is 18.2 Å². The minimum Gasteiger partial charge on any atom is -0.255 e. The maximum absolute atomic E-state index is 13.0. The van der Waals surface area contributed by atoms with Crippen LogP contribution in [0, 0.1) is 12.7 Å². The molecule has 2 aromatic carbocycles. The number of rotatable bonds is 1. The Morgan fingerprint density at radius 3 is 2.79 bits per heavy atom. The van der Waals surface area contributed by atoms with E-state index in [-0.39, 0.29) is 5.82 Å². The zero-order chi connectivity index (χ0) is 16.5. The molecule has 6 heteroatoms. The molecule has 4 rings (SSSR count). The predicted octanol–water partition coefficient (Wildman–Crippen LogP) is 4.40. The number of aryl methyl sites for hydroxylation is 1. The number of pyridine rings is 1. The first-order valence-corrected chi connectivity index (χ1v) is 8.22. The van der Waals surface area contributed by atoms with Gasteiger partial charge in [0.2, 0.25) is 0 Å². The van der Waals surface area contributed by atoms with Gasteiger partial charge in [0.05, 0.1) is 17.4 Å². The number of nitrogens with zero attached hydrogens (tertiary/aromatic N) is 3. The Bertz CT molecular complexity index is 980. The molecule has 1 aromatic heterocycles. The van der Waals surface area contributed by atoms with Crippen molar-refractivity contribution in [3.8, 4) is 0 Å². The van der Waals surface area contributed by atoms with Gasteiger partial charge in [-0.2, -0.15) is 5.10 Å². The van der Waals surface area contributed by atoms with Gasteiger partial charge in [0, 0.05) is 10.9 Å². The number of aromatic nitrogens is 1. The van der Waals surface area contributed by atoms with Crippen LogP contribution in [-0.2, 0) is 0 Å². The SMILES string of the molecule is Cc1cccc2cc3c(nc12)SC(=Nc1ccc(F)cc1)NN=C3. The van der Waals surface area contributed by atoms with Gasteiger partial charge < -0.3 is 0 Å². The Morgan fingerprint density at radius 1 is 1.12 bits per heavy atom. The molecule has 24 heavy (non-hydrogen) atoms. The van der Waals surface area contributed by atoms with Crippen LogP contribution in [-0.4, -0.2) is 16.4 Å². The maximum atomic E-state index is 13.0. The van der Waals surface area contributed by atoms with Gasteiger partial charge in [0.15, 0.2) is 5.17 Å². The number of amidine groups is 1. The van der Waals surface area contributed by atoms with Crippen molar-refractivity contribution in [2.45, 2.75) is 11.9 Å². The van der Waals surface area contributed by atoms with Gasteiger partial charge >= 0.3 is 0 Å². The molecule has 0 unspecified atom stereocenters. The van der Waals surface area contributed by atoms with Crippen LogP contribution in [0.5, 0.6) is 0 Å². The van der Waals surface area contributed by atoms with E-state index in [2.05, 4.69) is 21.6 Å². The first-order chi connectivity index (χ1) is 11.7. The number of hydrogen-bond donors (Lipinski definition) is 1. The van der Waals surface area contributed by atoms with Crippen molar-refractivity contribution in [2.24, 2.45) is 10.1 Å². The Morgan fingerprint density at radius 2 is 1.96 bits per heavy atom. The Labute approximate surface area is 142 Å².